The van der Waals surface area contributed by atoms with Crippen LogP contribution in [0.1, 0.15) is 31.7 Å². The van der Waals surface area contributed by atoms with Crippen molar-refractivity contribution in [2.75, 3.05) is 13.1 Å². The number of hydrogen-bond donors (Lipinski definition) is 1. The van der Waals surface area contributed by atoms with E-state index >= 15 is 0 Å². The quantitative estimate of drug-likeness (QED) is 0.864. The molecule has 1 heterocycles. The van der Waals surface area contributed by atoms with Gasteiger partial charge < -0.3 is 5.73 Å². The van der Waals surface area contributed by atoms with E-state index in [0.717, 1.165) is 12.8 Å². The summed E-state index contributed by atoms with van der Waals surface area (Å²) in [5, 5.41) is 0. The van der Waals surface area contributed by atoms with Gasteiger partial charge in [0.2, 0.25) is 0 Å². The Hall–Kier alpha value is -0.860. The van der Waals surface area contributed by atoms with Crippen molar-refractivity contribution in [2.45, 2.75) is 44.7 Å². The molecule has 2 rings (SSSR count). The van der Waals surface area contributed by atoms with Gasteiger partial charge in [-0.15, -0.1) is 0 Å². The lowest BCUT2D eigenvalue weighted by Gasteiger charge is -2.38. The molecule has 0 radical (unpaired) electrons. The first-order chi connectivity index (χ1) is 8.29. The van der Waals surface area contributed by atoms with Crippen molar-refractivity contribution in [1.29, 1.82) is 0 Å². The van der Waals surface area contributed by atoms with Gasteiger partial charge in [-0.2, -0.15) is 0 Å². The van der Waals surface area contributed by atoms with Gasteiger partial charge in [0.05, 0.1) is 0 Å². The van der Waals surface area contributed by atoms with Crippen LogP contribution < -0.4 is 5.73 Å². The number of nitrogens with zero attached hydrogens (tertiary/aromatic N) is 1. The summed E-state index contributed by atoms with van der Waals surface area (Å²) in [5.74, 6) is 0. The van der Waals surface area contributed by atoms with Gasteiger partial charge >= 0.3 is 0 Å². The van der Waals surface area contributed by atoms with Crippen molar-refractivity contribution in [3.05, 3.63) is 35.9 Å². The Balaban J connectivity index is 1.85. The van der Waals surface area contributed by atoms with Crippen LogP contribution in [0.25, 0.3) is 0 Å². The molecule has 2 nitrogen and oxygen atoms in total. The highest BCUT2D eigenvalue weighted by atomic mass is 15.2. The number of rotatable bonds is 4. The van der Waals surface area contributed by atoms with E-state index < -0.39 is 0 Å². The minimum atomic E-state index is 0.424. The minimum Gasteiger partial charge on any atom is -0.328 e. The van der Waals surface area contributed by atoms with Gasteiger partial charge in [-0.25, -0.2) is 0 Å². The first-order valence-corrected chi connectivity index (χ1v) is 6.83. The van der Waals surface area contributed by atoms with Crippen molar-refractivity contribution in [1.82, 2.24) is 4.90 Å². The van der Waals surface area contributed by atoms with E-state index in [1.807, 2.05) is 0 Å². The lowest BCUT2D eigenvalue weighted by Crippen LogP contribution is -2.47. The Bertz CT molecular complexity index is 323. The van der Waals surface area contributed by atoms with Crippen LogP contribution in [-0.4, -0.2) is 30.1 Å². The maximum absolute atomic E-state index is 6.04. The third-order valence-corrected chi connectivity index (χ3v) is 3.88. The van der Waals surface area contributed by atoms with Gasteiger partial charge in [0.15, 0.2) is 0 Å². The molecule has 0 aliphatic carbocycles. The van der Waals surface area contributed by atoms with E-state index in [2.05, 4.69) is 42.2 Å². The molecule has 2 unspecified atom stereocenters. The average Bonchev–Trinajstić information content (AvgIpc) is 2.38. The first kappa shape index (κ1) is 12.6. The summed E-state index contributed by atoms with van der Waals surface area (Å²) in [5.41, 5.74) is 7.49. The summed E-state index contributed by atoms with van der Waals surface area (Å²) in [6.45, 7) is 4.62. The number of likely N-dealkylation sites (tertiary alicyclic amines) is 1. The van der Waals surface area contributed by atoms with Gasteiger partial charge in [0.25, 0.3) is 0 Å². The second-order valence-electron chi connectivity index (χ2n) is 5.12. The molecule has 17 heavy (non-hydrogen) atoms. The number of hydrogen-bond acceptors (Lipinski definition) is 2. The van der Waals surface area contributed by atoms with Gasteiger partial charge in [0, 0.05) is 18.6 Å². The van der Waals surface area contributed by atoms with Crippen molar-refractivity contribution in [2.24, 2.45) is 5.73 Å². The topological polar surface area (TPSA) is 29.3 Å². The maximum Gasteiger partial charge on any atom is 0.0107 e. The van der Waals surface area contributed by atoms with Crippen molar-refractivity contribution >= 4 is 0 Å². The fraction of sp³-hybridized carbons (Fsp3) is 0.600. The molecule has 0 amide bonds. The first-order valence-electron chi connectivity index (χ1n) is 6.83. The molecule has 1 saturated heterocycles. The zero-order valence-electron chi connectivity index (χ0n) is 10.8. The van der Waals surface area contributed by atoms with Crippen LogP contribution in [0.5, 0.6) is 0 Å². The third-order valence-electron chi connectivity index (χ3n) is 3.88. The summed E-state index contributed by atoms with van der Waals surface area (Å²) in [6.07, 6.45) is 4.71. The van der Waals surface area contributed by atoms with E-state index in [9.17, 15) is 0 Å². The SMILES string of the molecule is CCC1CC(N)CCN1CCc1ccccc1. The summed E-state index contributed by atoms with van der Waals surface area (Å²) < 4.78 is 0. The van der Waals surface area contributed by atoms with Gasteiger partial charge in [-0.05, 0) is 37.8 Å². The van der Waals surface area contributed by atoms with E-state index in [4.69, 9.17) is 5.73 Å². The zero-order valence-corrected chi connectivity index (χ0v) is 10.8. The second kappa shape index (κ2) is 6.18. The Labute approximate surface area is 105 Å². The average molecular weight is 232 g/mol. The summed E-state index contributed by atoms with van der Waals surface area (Å²) >= 11 is 0. The van der Waals surface area contributed by atoms with Crippen LogP contribution in [0.15, 0.2) is 30.3 Å². The molecule has 2 heteroatoms. The Morgan fingerprint density at radius 2 is 2.06 bits per heavy atom. The van der Waals surface area contributed by atoms with Crippen LogP contribution in [0.2, 0.25) is 0 Å². The molecule has 0 saturated carbocycles. The normalized spacial score (nSPS) is 26.0. The molecule has 0 bridgehead atoms. The van der Waals surface area contributed by atoms with Crippen LogP contribution in [0.3, 0.4) is 0 Å². The predicted octanol–water partition coefficient (Wildman–Crippen LogP) is 2.43. The largest absolute Gasteiger partial charge is 0.328 e. The highest BCUT2D eigenvalue weighted by molar-refractivity contribution is 5.14. The number of benzene rings is 1. The molecule has 0 aromatic heterocycles. The van der Waals surface area contributed by atoms with Gasteiger partial charge in [-0.3, -0.25) is 4.90 Å². The lowest BCUT2D eigenvalue weighted by atomic mass is 9.95. The third kappa shape index (κ3) is 3.55. The molecule has 1 aliphatic heterocycles. The van der Waals surface area contributed by atoms with Gasteiger partial charge in [0.1, 0.15) is 0 Å². The molecule has 94 valence electrons. The molecule has 1 aromatic carbocycles. The molecule has 2 atom stereocenters. The van der Waals surface area contributed by atoms with Crippen molar-refractivity contribution in [3.63, 3.8) is 0 Å². The lowest BCUT2D eigenvalue weighted by molar-refractivity contribution is 0.133. The second-order valence-corrected chi connectivity index (χ2v) is 5.12. The van der Waals surface area contributed by atoms with Crippen LogP contribution in [0.4, 0.5) is 0 Å². The van der Waals surface area contributed by atoms with E-state index in [0.29, 0.717) is 12.1 Å². The van der Waals surface area contributed by atoms with Crippen LogP contribution in [0, 0.1) is 0 Å². The molecule has 0 spiro atoms. The monoisotopic (exact) mass is 232 g/mol. The smallest absolute Gasteiger partial charge is 0.0107 e. The minimum absolute atomic E-state index is 0.424. The molecular formula is C15H24N2. The predicted molar refractivity (Wildman–Crippen MR) is 73.0 cm³/mol. The molecule has 2 N–H and O–H groups in total. The summed E-state index contributed by atoms with van der Waals surface area (Å²) in [4.78, 5) is 2.62. The number of nitrogens with two attached hydrogens (primary N) is 1. The van der Waals surface area contributed by atoms with Crippen molar-refractivity contribution in [3.8, 4) is 0 Å². The van der Waals surface area contributed by atoms with Crippen LogP contribution in [-0.2, 0) is 6.42 Å². The summed E-state index contributed by atoms with van der Waals surface area (Å²) in [7, 11) is 0. The van der Waals surface area contributed by atoms with E-state index in [-0.39, 0.29) is 0 Å². The van der Waals surface area contributed by atoms with Gasteiger partial charge in [-0.1, -0.05) is 37.3 Å². The standard InChI is InChI=1S/C15H24N2/c1-2-15-12-14(16)9-11-17(15)10-8-13-6-4-3-5-7-13/h3-7,14-15H,2,8-12,16H2,1H3. The number of piperidine rings is 1. The highest BCUT2D eigenvalue weighted by Gasteiger charge is 2.24. The highest BCUT2D eigenvalue weighted by Crippen LogP contribution is 2.19. The Morgan fingerprint density at radius 3 is 2.76 bits per heavy atom. The summed E-state index contributed by atoms with van der Waals surface area (Å²) in [6, 6.07) is 11.9. The van der Waals surface area contributed by atoms with Crippen LogP contribution >= 0.6 is 0 Å². The fourth-order valence-electron chi connectivity index (χ4n) is 2.77. The molecular weight excluding hydrogens is 208 g/mol. The van der Waals surface area contributed by atoms with E-state index in [1.54, 1.807) is 0 Å². The molecule has 1 fully saturated rings. The molecule has 1 aliphatic rings. The zero-order chi connectivity index (χ0) is 12.1. The molecule has 1 aromatic rings. The van der Waals surface area contributed by atoms with Crippen molar-refractivity contribution < 1.29 is 0 Å². The maximum atomic E-state index is 6.04. The Morgan fingerprint density at radius 1 is 1.29 bits per heavy atom. The Kier molecular flexibility index (Phi) is 4.57. The fourth-order valence-corrected chi connectivity index (χ4v) is 2.77. The van der Waals surface area contributed by atoms with E-state index in [1.165, 1.54) is 31.5 Å².